The Hall–Kier alpha value is -1.83. The molecule has 1 aliphatic rings. The number of hydrogen-bond acceptors (Lipinski definition) is 4. The molecule has 108 valence electrons. The lowest BCUT2D eigenvalue weighted by atomic mass is 10.2. The summed E-state index contributed by atoms with van der Waals surface area (Å²) in [7, 11) is 1.48. The van der Waals surface area contributed by atoms with E-state index in [9.17, 15) is 19.5 Å². The van der Waals surface area contributed by atoms with Crippen molar-refractivity contribution in [1.82, 2.24) is 15.5 Å². The average molecular weight is 273 g/mol. The van der Waals surface area contributed by atoms with Crippen LogP contribution in [0.2, 0.25) is 0 Å². The molecule has 1 saturated heterocycles. The van der Waals surface area contributed by atoms with E-state index in [1.165, 1.54) is 18.9 Å². The van der Waals surface area contributed by atoms with Gasteiger partial charge in [-0.3, -0.25) is 4.79 Å². The lowest BCUT2D eigenvalue weighted by molar-refractivity contribution is -0.141. The second-order valence-electron chi connectivity index (χ2n) is 4.47. The van der Waals surface area contributed by atoms with Gasteiger partial charge in [-0.05, 0) is 19.8 Å². The number of amides is 3. The van der Waals surface area contributed by atoms with Crippen LogP contribution >= 0.6 is 0 Å². The number of nitrogens with zero attached hydrogens (tertiary/aromatic N) is 1. The fraction of sp³-hybridized carbons (Fsp3) is 0.727. The molecular weight excluding hydrogens is 254 g/mol. The maximum atomic E-state index is 12.0. The van der Waals surface area contributed by atoms with Crippen LogP contribution in [0, 0.1) is 0 Å². The van der Waals surface area contributed by atoms with Crippen molar-refractivity contribution in [1.29, 1.82) is 0 Å². The van der Waals surface area contributed by atoms with Crippen LogP contribution in [0.1, 0.15) is 19.8 Å². The summed E-state index contributed by atoms with van der Waals surface area (Å²) < 4.78 is 0. The average Bonchev–Trinajstić information content (AvgIpc) is 2.82. The van der Waals surface area contributed by atoms with Crippen molar-refractivity contribution in [3.63, 3.8) is 0 Å². The number of carboxylic acid groups (broad SMARTS) is 1. The second kappa shape index (κ2) is 6.37. The highest BCUT2D eigenvalue weighted by atomic mass is 16.4. The van der Waals surface area contributed by atoms with Gasteiger partial charge in [0.1, 0.15) is 6.04 Å². The topological polar surface area (TPSA) is 119 Å². The van der Waals surface area contributed by atoms with Gasteiger partial charge in [0.25, 0.3) is 0 Å². The fourth-order valence-corrected chi connectivity index (χ4v) is 2.05. The molecule has 0 radical (unpaired) electrons. The Kier molecular flexibility index (Phi) is 5.11. The highest BCUT2D eigenvalue weighted by Gasteiger charge is 2.36. The minimum Gasteiger partial charge on any atom is -0.480 e. The predicted molar refractivity (Wildman–Crippen MR) is 65.4 cm³/mol. The van der Waals surface area contributed by atoms with Crippen LogP contribution in [0.4, 0.5) is 4.79 Å². The van der Waals surface area contributed by atoms with E-state index >= 15 is 0 Å². The van der Waals surface area contributed by atoms with Crippen LogP contribution in [0.5, 0.6) is 0 Å². The molecule has 19 heavy (non-hydrogen) atoms. The summed E-state index contributed by atoms with van der Waals surface area (Å²) in [5.74, 6) is -1.60. The molecule has 0 aliphatic carbocycles. The van der Waals surface area contributed by atoms with Crippen molar-refractivity contribution >= 4 is 17.9 Å². The van der Waals surface area contributed by atoms with E-state index in [1.807, 2.05) is 0 Å². The quantitative estimate of drug-likeness (QED) is 0.510. The number of aliphatic carboxylic acids is 1. The first-order valence-corrected chi connectivity index (χ1v) is 6.08. The van der Waals surface area contributed by atoms with E-state index in [0.717, 1.165) is 0 Å². The van der Waals surface area contributed by atoms with Crippen molar-refractivity contribution < 1.29 is 24.6 Å². The maximum Gasteiger partial charge on any atom is 0.328 e. The van der Waals surface area contributed by atoms with Gasteiger partial charge in [0.05, 0.1) is 6.10 Å². The summed E-state index contributed by atoms with van der Waals surface area (Å²) in [5, 5.41) is 22.9. The van der Waals surface area contributed by atoms with Crippen LogP contribution in [-0.4, -0.2) is 64.8 Å². The number of carboxylic acids is 1. The Bertz CT molecular complexity index is 371. The minimum absolute atomic E-state index is 0.281. The Morgan fingerprint density at radius 2 is 2.00 bits per heavy atom. The van der Waals surface area contributed by atoms with Crippen molar-refractivity contribution in [3.8, 4) is 0 Å². The molecule has 0 aromatic heterocycles. The van der Waals surface area contributed by atoms with E-state index < -0.39 is 30.2 Å². The van der Waals surface area contributed by atoms with Gasteiger partial charge in [0, 0.05) is 13.6 Å². The highest BCUT2D eigenvalue weighted by molar-refractivity contribution is 5.89. The van der Waals surface area contributed by atoms with Gasteiger partial charge >= 0.3 is 12.0 Å². The second-order valence-corrected chi connectivity index (χ2v) is 4.47. The number of aliphatic hydroxyl groups excluding tert-OH is 1. The molecule has 3 atom stereocenters. The summed E-state index contributed by atoms with van der Waals surface area (Å²) in [6.45, 7) is 1.66. The smallest absolute Gasteiger partial charge is 0.328 e. The molecule has 8 nitrogen and oxygen atoms in total. The van der Waals surface area contributed by atoms with Crippen LogP contribution in [-0.2, 0) is 9.59 Å². The molecule has 1 rings (SSSR count). The molecular formula is C11H19N3O5. The van der Waals surface area contributed by atoms with Gasteiger partial charge in [-0.1, -0.05) is 0 Å². The van der Waals surface area contributed by atoms with Gasteiger partial charge < -0.3 is 25.7 Å². The molecule has 0 spiro atoms. The summed E-state index contributed by atoms with van der Waals surface area (Å²) >= 11 is 0. The zero-order valence-corrected chi connectivity index (χ0v) is 10.9. The fourth-order valence-electron chi connectivity index (χ4n) is 2.05. The third-order valence-corrected chi connectivity index (χ3v) is 3.09. The Labute approximate surface area is 110 Å². The van der Waals surface area contributed by atoms with Crippen LogP contribution < -0.4 is 10.6 Å². The molecule has 3 amide bonds. The minimum atomic E-state index is -1.39. The molecule has 8 heteroatoms. The van der Waals surface area contributed by atoms with E-state index in [2.05, 4.69) is 10.6 Å². The highest BCUT2D eigenvalue weighted by Crippen LogP contribution is 2.17. The van der Waals surface area contributed by atoms with Crippen LogP contribution in [0.3, 0.4) is 0 Å². The van der Waals surface area contributed by atoms with E-state index in [-0.39, 0.29) is 5.91 Å². The van der Waals surface area contributed by atoms with Crippen molar-refractivity contribution in [3.05, 3.63) is 0 Å². The van der Waals surface area contributed by atoms with Gasteiger partial charge in [0.15, 0.2) is 6.04 Å². The number of carbonyl (C=O) groups is 3. The van der Waals surface area contributed by atoms with E-state index in [1.54, 1.807) is 0 Å². The lowest BCUT2D eigenvalue weighted by Crippen LogP contribution is -2.55. The molecule has 4 N–H and O–H groups in total. The van der Waals surface area contributed by atoms with E-state index in [4.69, 9.17) is 5.11 Å². The number of nitrogens with one attached hydrogen (secondary N) is 2. The molecule has 0 saturated carbocycles. The van der Waals surface area contributed by atoms with Gasteiger partial charge in [-0.25, -0.2) is 9.59 Å². The number of likely N-dealkylation sites (N-methyl/N-ethyl adjacent to an activating group) is 1. The summed E-state index contributed by atoms with van der Waals surface area (Å²) in [5.41, 5.74) is 0. The summed E-state index contributed by atoms with van der Waals surface area (Å²) in [4.78, 5) is 35.7. The molecule has 0 aromatic carbocycles. The first-order chi connectivity index (χ1) is 8.88. The van der Waals surface area contributed by atoms with Gasteiger partial charge in [-0.2, -0.15) is 0 Å². The first-order valence-electron chi connectivity index (χ1n) is 6.08. The standard InChI is InChI=1S/C11H19N3O5/c1-6(15)8(10(17)18)13-11(19)14-5-3-4-7(14)9(16)12-2/h6-8,15H,3-5H2,1-2H3,(H,12,16)(H,13,19)(H,17,18). The zero-order valence-electron chi connectivity index (χ0n) is 10.9. The normalized spacial score (nSPS) is 21.6. The SMILES string of the molecule is CNC(=O)C1CCCN1C(=O)NC(C(=O)O)C(C)O. The molecule has 1 aliphatic heterocycles. The molecule has 3 unspecified atom stereocenters. The van der Waals surface area contributed by atoms with Gasteiger partial charge in [0.2, 0.25) is 5.91 Å². The Morgan fingerprint density at radius 3 is 2.47 bits per heavy atom. The third-order valence-electron chi connectivity index (χ3n) is 3.09. The predicted octanol–water partition coefficient (Wildman–Crippen LogP) is -1.26. The number of urea groups is 1. The van der Waals surface area contributed by atoms with Crippen molar-refractivity contribution in [2.45, 2.75) is 38.0 Å². The third kappa shape index (κ3) is 3.57. The summed E-state index contributed by atoms with van der Waals surface area (Å²) in [6, 6.07) is -2.63. The number of hydrogen-bond donors (Lipinski definition) is 4. The molecule has 0 bridgehead atoms. The molecule has 1 heterocycles. The molecule has 0 aromatic rings. The lowest BCUT2D eigenvalue weighted by Gasteiger charge is -2.26. The Balaban J connectivity index is 2.71. The zero-order chi connectivity index (χ0) is 14.6. The first kappa shape index (κ1) is 15.2. The van der Waals surface area contributed by atoms with Crippen LogP contribution in [0.15, 0.2) is 0 Å². The Morgan fingerprint density at radius 1 is 1.37 bits per heavy atom. The van der Waals surface area contributed by atoms with Crippen LogP contribution in [0.25, 0.3) is 0 Å². The molecule has 1 fully saturated rings. The maximum absolute atomic E-state index is 12.0. The number of carbonyl (C=O) groups excluding carboxylic acids is 2. The van der Waals surface area contributed by atoms with Crippen molar-refractivity contribution in [2.75, 3.05) is 13.6 Å². The monoisotopic (exact) mass is 273 g/mol. The number of aliphatic hydroxyl groups is 1. The van der Waals surface area contributed by atoms with Gasteiger partial charge in [-0.15, -0.1) is 0 Å². The summed E-state index contributed by atoms with van der Waals surface area (Å²) in [6.07, 6.45) is -0.000227. The van der Waals surface area contributed by atoms with Crippen molar-refractivity contribution in [2.24, 2.45) is 0 Å². The van der Waals surface area contributed by atoms with E-state index in [0.29, 0.717) is 19.4 Å². The number of likely N-dealkylation sites (tertiary alicyclic amines) is 1. The number of rotatable bonds is 4. The largest absolute Gasteiger partial charge is 0.480 e.